The van der Waals surface area contributed by atoms with Gasteiger partial charge in [0.25, 0.3) is 5.91 Å². The summed E-state index contributed by atoms with van der Waals surface area (Å²) in [7, 11) is 2.00. The summed E-state index contributed by atoms with van der Waals surface area (Å²) in [5.41, 5.74) is 3.05. The molecule has 0 aliphatic carbocycles. The van der Waals surface area contributed by atoms with E-state index in [9.17, 15) is 4.79 Å². The van der Waals surface area contributed by atoms with E-state index in [0.29, 0.717) is 18.0 Å². The number of likely N-dealkylation sites (tertiary alicyclic amines) is 1. The zero-order valence-corrected chi connectivity index (χ0v) is 16.1. The molecule has 6 heteroatoms. The van der Waals surface area contributed by atoms with Crippen molar-refractivity contribution in [3.05, 3.63) is 53.3 Å². The normalized spacial score (nSPS) is 21.8. The first kappa shape index (κ1) is 18.2. The van der Waals surface area contributed by atoms with Crippen molar-refractivity contribution < 1.29 is 9.53 Å². The van der Waals surface area contributed by atoms with Gasteiger partial charge in [0.1, 0.15) is 0 Å². The maximum absolute atomic E-state index is 12.2. The molecule has 1 atom stereocenters. The first-order valence-corrected chi connectivity index (χ1v) is 9.72. The smallest absolute Gasteiger partial charge is 0.251 e. The maximum atomic E-state index is 12.2. The number of rotatable bonds is 5. The number of benzene rings is 1. The van der Waals surface area contributed by atoms with Crippen LogP contribution >= 0.6 is 0 Å². The Balaban J connectivity index is 1.20. The Morgan fingerprint density at radius 2 is 2.11 bits per heavy atom. The predicted molar refractivity (Wildman–Crippen MR) is 103 cm³/mol. The van der Waals surface area contributed by atoms with Crippen LogP contribution in [0.25, 0.3) is 0 Å². The fraction of sp³-hybridized carbons (Fsp3) is 0.524. The molecule has 0 bridgehead atoms. The van der Waals surface area contributed by atoms with Gasteiger partial charge in [0.2, 0.25) is 0 Å². The van der Waals surface area contributed by atoms with Crippen LogP contribution < -0.4 is 5.32 Å². The minimum Gasteiger partial charge on any atom is -0.372 e. The van der Waals surface area contributed by atoms with E-state index >= 15 is 0 Å². The highest BCUT2D eigenvalue weighted by Gasteiger charge is 2.46. The van der Waals surface area contributed by atoms with Crippen molar-refractivity contribution in [2.24, 2.45) is 13.0 Å². The van der Waals surface area contributed by atoms with E-state index in [2.05, 4.69) is 21.4 Å². The average Bonchev–Trinajstić information content (AvgIpc) is 2.97. The van der Waals surface area contributed by atoms with E-state index in [1.807, 2.05) is 49.0 Å². The molecule has 4 rings (SSSR count). The number of aromatic nitrogens is 2. The van der Waals surface area contributed by atoms with Gasteiger partial charge in [-0.05, 0) is 43.9 Å². The maximum Gasteiger partial charge on any atom is 0.251 e. The second-order valence-corrected chi connectivity index (χ2v) is 8.02. The molecule has 1 aromatic carbocycles. The topological polar surface area (TPSA) is 59.4 Å². The molecular weight excluding hydrogens is 340 g/mol. The standard InChI is InChI=1S/C21H28N4O2/c1-16-10-19(24(2)23-16)12-25-14-21(15-25)9-8-17(13-27-21)11-22-20(26)18-6-4-3-5-7-18/h3-7,10,17H,8-9,11-15H2,1-2H3,(H,22,26). The van der Waals surface area contributed by atoms with Crippen LogP contribution in [0.2, 0.25) is 0 Å². The third kappa shape index (κ3) is 4.06. The van der Waals surface area contributed by atoms with Crippen molar-refractivity contribution in [2.45, 2.75) is 31.9 Å². The molecule has 2 aliphatic rings. The quantitative estimate of drug-likeness (QED) is 0.878. The number of carbonyl (C=O) groups excluding carboxylic acids is 1. The number of hydrogen-bond donors (Lipinski definition) is 1. The number of hydrogen-bond acceptors (Lipinski definition) is 4. The van der Waals surface area contributed by atoms with E-state index in [1.165, 1.54) is 5.69 Å². The lowest BCUT2D eigenvalue weighted by Crippen LogP contribution is -2.64. The molecule has 1 aromatic heterocycles. The van der Waals surface area contributed by atoms with Gasteiger partial charge in [0.15, 0.2) is 0 Å². The lowest BCUT2D eigenvalue weighted by Gasteiger charge is -2.53. The molecule has 2 fully saturated rings. The minimum atomic E-state index is -0.00261. The van der Waals surface area contributed by atoms with Gasteiger partial charge in [0, 0.05) is 38.8 Å². The van der Waals surface area contributed by atoms with Crippen molar-refractivity contribution in [1.29, 1.82) is 0 Å². The van der Waals surface area contributed by atoms with Crippen LogP contribution in [0.5, 0.6) is 0 Å². The van der Waals surface area contributed by atoms with Crippen LogP contribution in [0.4, 0.5) is 0 Å². The van der Waals surface area contributed by atoms with Gasteiger partial charge in [-0.15, -0.1) is 0 Å². The third-order valence-corrected chi connectivity index (χ3v) is 5.73. The highest BCUT2D eigenvalue weighted by molar-refractivity contribution is 5.94. The van der Waals surface area contributed by atoms with Crippen LogP contribution in [0.15, 0.2) is 36.4 Å². The molecule has 0 radical (unpaired) electrons. The highest BCUT2D eigenvalue weighted by Crippen LogP contribution is 2.36. The van der Waals surface area contributed by atoms with Crippen LogP contribution in [0.3, 0.4) is 0 Å². The summed E-state index contributed by atoms with van der Waals surface area (Å²) in [5, 5.41) is 7.46. The Morgan fingerprint density at radius 1 is 1.33 bits per heavy atom. The van der Waals surface area contributed by atoms with Gasteiger partial charge in [-0.1, -0.05) is 18.2 Å². The van der Waals surface area contributed by atoms with Crippen molar-refractivity contribution >= 4 is 5.91 Å². The Morgan fingerprint density at radius 3 is 2.74 bits per heavy atom. The van der Waals surface area contributed by atoms with Crippen molar-refractivity contribution in [2.75, 3.05) is 26.2 Å². The number of nitrogens with zero attached hydrogens (tertiary/aromatic N) is 3. The zero-order valence-electron chi connectivity index (χ0n) is 16.1. The molecular formula is C21H28N4O2. The molecule has 0 saturated carbocycles. The molecule has 2 aliphatic heterocycles. The van der Waals surface area contributed by atoms with E-state index in [0.717, 1.165) is 44.8 Å². The summed E-state index contributed by atoms with van der Waals surface area (Å²) in [4.78, 5) is 14.6. The van der Waals surface area contributed by atoms with Crippen LogP contribution in [0, 0.1) is 12.8 Å². The molecule has 6 nitrogen and oxygen atoms in total. The van der Waals surface area contributed by atoms with Crippen LogP contribution in [0.1, 0.15) is 34.6 Å². The third-order valence-electron chi connectivity index (χ3n) is 5.73. The van der Waals surface area contributed by atoms with Gasteiger partial charge in [-0.25, -0.2) is 0 Å². The van der Waals surface area contributed by atoms with E-state index in [-0.39, 0.29) is 11.5 Å². The molecule has 27 heavy (non-hydrogen) atoms. The average molecular weight is 368 g/mol. The molecule has 3 heterocycles. The van der Waals surface area contributed by atoms with E-state index < -0.39 is 0 Å². The van der Waals surface area contributed by atoms with Gasteiger partial charge in [0.05, 0.1) is 23.6 Å². The van der Waals surface area contributed by atoms with Crippen LogP contribution in [-0.2, 0) is 18.3 Å². The van der Waals surface area contributed by atoms with Crippen molar-refractivity contribution in [3.63, 3.8) is 0 Å². The number of amides is 1. The fourth-order valence-electron chi connectivity index (χ4n) is 4.18. The van der Waals surface area contributed by atoms with Gasteiger partial charge >= 0.3 is 0 Å². The van der Waals surface area contributed by atoms with E-state index in [1.54, 1.807) is 0 Å². The Bertz CT molecular complexity index is 786. The Hall–Kier alpha value is -2.18. The van der Waals surface area contributed by atoms with E-state index in [4.69, 9.17) is 4.74 Å². The SMILES string of the molecule is Cc1cc(CN2CC3(CCC(CNC(=O)c4ccccc4)CO3)C2)n(C)n1. The van der Waals surface area contributed by atoms with Gasteiger partial charge in [-0.2, -0.15) is 5.10 Å². The number of ether oxygens (including phenoxy) is 1. The zero-order chi connectivity index (χ0) is 18.9. The molecule has 1 unspecified atom stereocenters. The molecule has 2 saturated heterocycles. The molecule has 1 spiro atoms. The summed E-state index contributed by atoms with van der Waals surface area (Å²) in [5.74, 6) is 0.397. The number of carbonyl (C=O) groups is 1. The summed E-state index contributed by atoms with van der Waals surface area (Å²) < 4.78 is 8.21. The monoisotopic (exact) mass is 368 g/mol. The molecule has 1 amide bonds. The Kier molecular flexibility index (Phi) is 5.02. The van der Waals surface area contributed by atoms with Crippen LogP contribution in [-0.4, -0.2) is 52.4 Å². The summed E-state index contributed by atoms with van der Waals surface area (Å²) in [6.45, 7) is 6.34. The Labute approximate surface area is 160 Å². The van der Waals surface area contributed by atoms with Gasteiger partial charge < -0.3 is 10.1 Å². The summed E-state index contributed by atoms with van der Waals surface area (Å²) >= 11 is 0. The number of aryl methyl sites for hydroxylation is 2. The van der Waals surface area contributed by atoms with Crippen molar-refractivity contribution in [1.82, 2.24) is 20.0 Å². The fourth-order valence-corrected chi connectivity index (χ4v) is 4.18. The summed E-state index contributed by atoms with van der Waals surface area (Å²) in [6.07, 6.45) is 2.17. The number of nitrogens with one attached hydrogen (secondary N) is 1. The highest BCUT2D eigenvalue weighted by atomic mass is 16.5. The first-order chi connectivity index (χ1) is 13.0. The second kappa shape index (κ2) is 7.44. The first-order valence-electron chi connectivity index (χ1n) is 9.72. The molecule has 1 N–H and O–H groups in total. The predicted octanol–water partition coefficient (Wildman–Crippen LogP) is 2.14. The molecule has 2 aromatic rings. The largest absolute Gasteiger partial charge is 0.372 e. The minimum absolute atomic E-state index is 0.00261. The lowest BCUT2D eigenvalue weighted by atomic mass is 9.83. The second-order valence-electron chi connectivity index (χ2n) is 8.02. The molecule has 144 valence electrons. The summed E-state index contributed by atoms with van der Waals surface area (Å²) in [6, 6.07) is 11.5. The lowest BCUT2D eigenvalue weighted by molar-refractivity contribution is -0.181. The van der Waals surface area contributed by atoms with Crippen molar-refractivity contribution in [3.8, 4) is 0 Å². The van der Waals surface area contributed by atoms with Gasteiger partial charge in [-0.3, -0.25) is 14.4 Å².